The van der Waals surface area contributed by atoms with Gasteiger partial charge in [-0.3, -0.25) is 0 Å². The van der Waals surface area contributed by atoms with E-state index in [1.165, 1.54) is 37.7 Å². The van der Waals surface area contributed by atoms with E-state index in [2.05, 4.69) is 41.3 Å². The topological polar surface area (TPSA) is 25.2 Å². The largest absolute Gasteiger partial charge is 0.457 e. The smallest absolute Gasteiger partial charge is 0.173 e. The first-order valence-electron chi connectivity index (χ1n) is 6.68. The summed E-state index contributed by atoms with van der Waals surface area (Å²) < 4.78 is 6.27. The number of hydrogen-bond donors (Lipinski definition) is 1. The number of rotatable bonds is 4. The lowest BCUT2D eigenvalue weighted by Crippen LogP contribution is -2.32. The molecule has 1 N–H and O–H groups in total. The first kappa shape index (κ1) is 13.2. The van der Waals surface area contributed by atoms with E-state index in [4.69, 9.17) is 4.42 Å². The quantitative estimate of drug-likeness (QED) is 0.884. The van der Waals surface area contributed by atoms with Gasteiger partial charge in [0.2, 0.25) is 0 Å². The second-order valence-electron chi connectivity index (χ2n) is 5.03. The van der Waals surface area contributed by atoms with Crippen molar-refractivity contribution in [1.82, 2.24) is 5.32 Å². The molecule has 0 spiro atoms. The summed E-state index contributed by atoms with van der Waals surface area (Å²) in [5.74, 6) is 1.59. The van der Waals surface area contributed by atoms with Gasteiger partial charge < -0.3 is 9.73 Å². The lowest BCUT2D eigenvalue weighted by atomic mass is 9.73. The maximum Gasteiger partial charge on any atom is 0.173 e. The Morgan fingerprint density at radius 3 is 2.82 bits per heavy atom. The average molecular weight is 300 g/mol. The van der Waals surface area contributed by atoms with Gasteiger partial charge in [-0.15, -0.1) is 0 Å². The van der Waals surface area contributed by atoms with E-state index < -0.39 is 0 Å². The monoisotopic (exact) mass is 299 g/mol. The Balaban J connectivity index is 2.19. The van der Waals surface area contributed by atoms with Crippen molar-refractivity contribution in [2.24, 2.45) is 11.8 Å². The van der Waals surface area contributed by atoms with Crippen LogP contribution in [0.25, 0.3) is 0 Å². The van der Waals surface area contributed by atoms with E-state index in [1.807, 2.05) is 0 Å². The molecular formula is C14H22BrNO. The van der Waals surface area contributed by atoms with Gasteiger partial charge in [0.1, 0.15) is 0 Å². The van der Waals surface area contributed by atoms with Crippen LogP contribution in [0.15, 0.2) is 21.4 Å². The molecular weight excluding hydrogens is 278 g/mol. The van der Waals surface area contributed by atoms with Crippen LogP contribution < -0.4 is 5.32 Å². The highest BCUT2D eigenvalue weighted by Crippen LogP contribution is 2.41. The minimum atomic E-state index is 0.424. The SMILES string of the molecule is CCC1CCCCC1C(NC)c1ccoc1Br. The highest BCUT2D eigenvalue weighted by molar-refractivity contribution is 9.10. The molecule has 17 heavy (non-hydrogen) atoms. The van der Waals surface area contributed by atoms with E-state index in [0.29, 0.717) is 6.04 Å². The van der Waals surface area contributed by atoms with E-state index in [1.54, 1.807) is 6.26 Å². The van der Waals surface area contributed by atoms with E-state index in [9.17, 15) is 0 Å². The van der Waals surface area contributed by atoms with Gasteiger partial charge in [0.15, 0.2) is 4.67 Å². The second kappa shape index (κ2) is 6.05. The molecule has 3 atom stereocenters. The van der Waals surface area contributed by atoms with Gasteiger partial charge in [-0.1, -0.05) is 32.6 Å². The van der Waals surface area contributed by atoms with Crippen molar-refractivity contribution >= 4 is 15.9 Å². The molecule has 1 aliphatic carbocycles. The molecule has 0 aliphatic heterocycles. The molecule has 1 fully saturated rings. The lowest BCUT2D eigenvalue weighted by Gasteiger charge is -2.36. The fraction of sp³-hybridized carbons (Fsp3) is 0.714. The third-order valence-electron chi connectivity index (χ3n) is 4.21. The van der Waals surface area contributed by atoms with Gasteiger partial charge in [0.05, 0.1) is 6.26 Å². The maximum absolute atomic E-state index is 5.38. The van der Waals surface area contributed by atoms with Crippen LogP contribution in [0, 0.1) is 11.8 Å². The molecule has 3 heteroatoms. The molecule has 1 aromatic rings. The summed E-state index contributed by atoms with van der Waals surface area (Å²) in [6.07, 6.45) is 8.55. The van der Waals surface area contributed by atoms with E-state index >= 15 is 0 Å². The number of halogens is 1. The molecule has 0 amide bonds. The minimum absolute atomic E-state index is 0.424. The zero-order chi connectivity index (χ0) is 12.3. The van der Waals surface area contributed by atoms with Gasteiger partial charge in [-0.25, -0.2) is 0 Å². The van der Waals surface area contributed by atoms with Gasteiger partial charge in [0, 0.05) is 11.6 Å². The fourth-order valence-electron chi connectivity index (χ4n) is 3.31. The molecule has 1 aromatic heterocycles. The molecule has 2 nitrogen and oxygen atoms in total. The summed E-state index contributed by atoms with van der Waals surface area (Å²) in [4.78, 5) is 0. The summed E-state index contributed by atoms with van der Waals surface area (Å²) in [6, 6.07) is 2.51. The first-order valence-corrected chi connectivity index (χ1v) is 7.47. The van der Waals surface area contributed by atoms with Crippen molar-refractivity contribution in [1.29, 1.82) is 0 Å². The molecule has 0 radical (unpaired) electrons. The Hall–Kier alpha value is -0.280. The van der Waals surface area contributed by atoms with Gasteiger partial charge in [-0.05, 0) is 47.3 Å². The van der Waals surface area contributed by atoms with Crippen LogP contribution >= 0.6 is 15.9 Å². The van der Waals surface area contributed by atoms with Crippen LogP contribution in [0.4, 0.5) is 0 Å². The molecule has 1 heterocycles. The van der Waals surface area contributed by atoms with Crippen molar-refractivity contribution in [3.8, 4) is 0 Å². The standard InChI is InChI=1S/C14H22BrNO/c1-3-10-6-4-5-7-11(10)13(16-2)12-8-9-17-14(12)15/h8-11,13,16H,3-7H2,1-2H3. The Morgan fingerprint density at radius 2 is 2.24 bits per heavy atom. The van der Waals surface area contributed by atoms with Crippen LogP contribution in [0.1, 0.15) is 50.6 Å². The lowest BCUT2D eigenvalue weighted by molar-refractivity contribution is 0.179. The van der Waals surface area contributed by atoms with E-state index in [-0.39, 0.29) is 0 Å². The van der Waals surface area contributed by atoms with Crippen molar-refractivity contribution in [2.75, 3.05) is 7.05 Å². The third kappa shape index (κ3) is 2.76. The Bertz CT molecular complexity index is 350. The normalized spacial score (nSPS) is 27.0. The Labute approximate surface area is 112 Å². The first-order chi connectivity index (χ1) is 8.27. The summed E-state index contributed by atoms with van der Waals surface area (Å²) in [6.45, 7) is 2.32. The molecule has 0 bridgehead atoms. The van der Waals surface area contributed by atoms with Crippen molar-refractivity contribution in [3.63, 3.8) is 0 Å². The van der Waals surface area contributed by atoms with Gasteiger partial charge in [0.25, 0.3) is 0 Å². The summed E-state index contributed by atoms with van der Waals surface area (Å²) in [5.41, 5.74) is 1.28. The highest BCUT2D eigenvalue weighted by atomic mass is 79.9. The van der Waals surface area contributed by atoms with Crippen LogP contribution in [-0.4, -0.2) is 7.05 Å². The molecule has 1 aliphatic rings. The zero-order valence-electron chi connectivity index (χ0n) is 10.7. The predicted molar refractivity (Wildman–Crippen MR) is 73.9 cm³/mol. The number of hydrogen-bond acceptors (Lipinski definition) is 2. The molecule has 96 valence electrons. The second-order valence-corrected chi connectivity index (χ2v) is 5.75. The maximum atomic E-state index is 5.38. The van der Waals surface area contributed by atoms with Crippen LogP contribution in [0.5, 0.6) is 0 Å². The van der Waals surface area contributed by atoms with Gasteiger partial charge >= 0.3 is 0 Å². The van der Waals surface area contributed by atoms with Crippen molar-refractivity contribution in [3.05, 3.63) is 22.6 Å². The molecule has 0 saturated heterocycles. The van der Waals surface area contributed by atoms with Crippen molar-refractivity contribution < 1.29 is 4.42 Å². The Kier molecular flexibility index (Phi) is 4.69. The van der Waals surface area contributed by atoms with Crippen molar-refractivity contribution in [2.45, 2.75) is 45.1 Å². The number of furan rings is 1. The summed E-state index contributed by atoms with van der Waals surface area (Å²) >= 11 is 3.51. The molecule has 1 saturated carbocycles. The van der Waals surface area contributed by atoms with E-state index in [0.717, 1.165) is 16.5 Å². The third-order valence-corrected chi connectivity index (χ3v) is 4.86. The molecule has 2 rings (SSSR count). The molecule has 3 unspecified atom stereocenters. The average Bonchev–Trinajstić information content (AvgIpc) is 2.78. The summed E-state index contributed by atoms with van der Waals surface area (Å²) in [5, 5.41) is 3.49. The predicted octanol–water partition coefficient (Wildman–Crippen LogP) is 4.52. The highest BCUT2D eigenvalue weighted by Gasteiger charge is 2.32. The Morgan fingerprint density at radius 1 is 1.47 bits per heavy atom. The van der Waals surface area contributed by atoms with Crippen LogP contribution in [0.3, 0.4) is 0 Å². The fourth-order valence-corrected chi connectivity index (χ4v) is 3.80. The van der Waals surface area contributed by atoms with Gasteiger partial charge in [-0.2, -0.15) is 0 Å². The molecule has 0 aromatic carbocycles. The minimum Gasteiger partial charge on any atom is -0.457 e. The van der Waals surface area contributed by atoms with Crippen LogP contribution in [0.2, 0.25) is 0 Å². The number of nitrogens with one attached hydrogen (secondary N) is 1. The van der Waals surface area contributed by atoms with Crippen LogP contribution in [-0.2, 0) is 0 Å². The summed E-state index contributed by atoms with van der Waals surface area (Å²) in [7, 11) is 2.06. The zero-order valence-corrected chi connectivity index (χ0v) is 12.3.